The Bertz CT molecular complexity index is 900. The molecule has 3 rings (SSSR count). The molecule has 180 valence electrons. The topological polar surface area (TPSA) is 70.2 Å². The van der Waals surface area contributed by atoms with Gasteiger partial charge in [-0.2, -0.15) is 17.5 Å². The summed E-state index contributed by atoms with van der Waals surface area (Å²) in [6.45, 7) is 0.662. The van der Waals surface area contributed by atoms with Gasteiger partial charge in [0.1, 0.15) is 10.6 Å². The number of ether oxygens (including phenoxy) is 1. The minimum atomic E-state index is -4.29. The van der Waals surface area contributed by atoms with Gasteiger partial charge in [-0.05, 0) is 37.5 Å². The first kappa shape index (κ1) is 24.8. The molecule has 2 aliphatic rings. The fourth-order valence-electron chi connectivity index (χ4n) is 4.20. The first-order valence-electron chi connectivity index (χ1n) is 10.9. The van der Waals surface area contributed by atoms with E-state index in [1.807, 2.05) is 0 Å². The molecule has 1 amide bonds. The van der Waals surface area contributed by atoms with E-state index in [0.717, 1.165) is 25.7 Å². The molecule has 2 aliphatic heterocycles. The van der Waals surface area contributed by atoms with Gasteiger partial charge >= 0.3 is 6.18 Å². The average molecular weight is 478 g/mol. The lowest BCUT2D eigenvalue weighted by molar-refractivity contribution is -0.145. The first-order valence-corrected chi connectivity index (χ1v) is 12.3. The van der Waals surface area contributed by atoms with Gasteiger partial charge in [0.15, 0.2) is 0 Å². The molecule has 0 atom stereocenters. The Labute approximate surface area is 187 Å². The van der Waals surface area contributed by atoms with Crippen LogP contribution in [0.15, 0.2) is 23.1 Å². The SMILES string of the molecule is COc1ccc(C(=O)N2CCCN(CC(F)(F)F)CC2)cc1S(=O)(=O)N1CCCCCC1. The lowest BCUT2D eigenvalue weighted by Gasteiger charge is -2.24. The monoisotopic (exact) mass is 477 g/mol. The van der Waals surface area contributed by atoms with Crippen LogP contribution in [-0.2, 0) is 10.0 Å². The van der Waals surface area contributed by atoms with Crippen LogP contribution in [0.3, 0.4) is 0 Å². The number of rotatable bonds is 5. The zero-order chi connectivity index (χ0) is 23.4. The minimum Gasteiger partial charge on any atom is -0.495 e. The molecule has 32 heavy (non-hydrogen) atoms. The predicted octanol–water partition coefficient (Wildman–Crippen LogP) is 2.97. The highest BCUT2D eigenvalue weighted by molar-refractivity contribution is 7.89. The molecule has 0 spiro atoms. The van der Waals surface area contributed by atoms with Crippen molar-refractivity contribution in [2.45, 2.75) is 43.2 Å². The van der Waals surface area contributed by atoms with Gasteiger partial charge in [-0.25, -0.2) is 8.42 Å². The Balaban J connectivity index is 1.80. The fraction of sp³-hybridized carbons (Fsp3) is 0.667. The summed E-state index contributed by atoms with van der Waals surface area (Å²) < 4.78 is 71.4. The van der Waals surface area contributed by atoms with E-state index >= 15 is 0 Å². The molecule has 2 fully saturated rings. The lowest BCUT2D eigenvalue weighted by Crippen LogP contribution is -2.38. The number of carbonyl (C=O) groups is 1. The third-order valence-electron chi connectivity index (χ3n) is 5.87. The van der Waals surface area contributed by atoms with Gasteiger partial charge in [-0.3, -0.25) is 9.69 Å². The molecule has 0 aromatic heterocycles. The number of carbonyl (C=O) groups excluding carboxylic acids is 1. The second-order valence-corrected chi connectivity index (χ2v) is 10.1. The zero-order valence-electron chi connectivity index (χ0n) is 18.2. The summed E-state index contributed by atoms with van der Waals surface area (Å²) in [6, 6.07) is 4.30. The van der Waals surface area contributed by atoms with Crippen LogP contribution in [0.25, 0.3) is 0 Å². The molecule has 0 bridgehead atoms. The van der Waals surface area contributed by atoms with Crippen molar-refractivity contribution in [3.05, 3.63) is 23.8 Å². The number of sulfonamides is 1. The van der Waals surface area contributed by atoms with Gasteiger partial charge in [-0.1, -0.05) is 12.8 Å². The first-order chi connectivity index (χ1) is 15.1. The summed E-state index contributed by atoms with van der Waals surface area (Å²) in [5.74, 6) is -0.230. The molecule has 1 aromatic carbocycles. The van der Waals surface area contributed by atoms with Gasteiger partial charge in [0.05, 0.1) is 13.7 Å². The van der Waals surface area contributed by atoms with E-state index in [1.54, 1.807) is 0 Å². The fourth-order valence-corrected chi connectivity index (χ4v) is 5.90. The van der Waals surface area contributed by atoms with Crippen LogP contribution in [-0.4, -0.2) is 87.5 Å². The van der Waals surface area contributed by atoms with Crippen LogP contribution in [0.4, 0.5) is 13.2 Å². The van der Waals surface area contributed by atoms with Crippen LogP contribution in [0.2, 0.25) is 0 Å². The normalized spacial score (nSPS) is 19.9. The van der Waals surface area contributed by atoms with E-state index in [0.29, 0.717) is 26.1 Å². The van der Waals surface area contributed by atoms with E-state index in [-0.39, 0.29) is 35.8 Å². The Kier molecular flexibility index (Phi) is 8.05. The average Bonchev–Trinajstić information content (AvgIpc) is 3.15. The number of hydrogen-bond acceptors (Lipinski definition) is 5. The molecule has 7 nitrogen and oxygen atoms in total. The van der Waals surface area contributed by atoms with Crippen molar-refractivity contribution in [2.24, 2.45) is 0 Å². The van der Waals surface area contributed by atoms with Gasteiger partial charge in [-0.15, -0.1) is 0 Å². The number of hydrogen-bond donors (Lipinski definition) is 0. The van der Waals surface area contributed by atoms with Crippen molar-refractivity contribution in [3.63, 3.8) is 0 Å². The summed E-state index contributed by atoms with van der Waals surface area (Å²) in [5, 5.41) is 0. The third kappa shape index (κ3) is 6.14. The van der Waals surface area contributed by atoms with Crippen LogP contribution < -0.4 is 4.74 Å². The molecular formula is C21H30F3N3O4S. The molecule has 0 radical (unpaired) electrons. The van der Waals surface area contributed by atoms with Crippen molar-refractivity contribution >= 4 is 15.9 Å². The van der Waals surface area contributed by atoms with Crippen molar-refractivity contribution in [2.75, 3.05) is 52.9 Å². The van der Waals surface area contributed by atoms with Crippen molar-refractivity contribution in [1.29, 1.82) is 0 Å². The van der Waals surface area contributed by atoms with Crippen molar-refractivity contribution in [1.82, 2.24) is 14.1 Å². The minimum absolute atomic E-state index is 0.0544. The predicted molar refractivity (Wildman–Crippen MR) is 113 cm³/mol. The largest absolute Gasteiger partial charge is 0.495 e. The Morgan fingerprint density at radius 2 is 1.66 bits per heavy atom. The smallest absolute Gasteiger partial charge is 0.401 e. The van der Waals surface area contributed by atoms with Crippen LogP contribution in [0.5, 0.6) is 5.75 Å². The zero-order valence-corrected chi connectivity index (χ0v) is 19.1. The second kappa shape index (κ2) is 10.4. The molecular weight excluding hydrogens is 447 g/mol. The third-order valence-corrected chi connectivity index (χ3v) is 7.79. The molecule has 0 saturated carbocycles. The maximum absolute atomic E-state index is 13.3. The van der Waals surface area contributed by atoms with E-state index in [2.05, 4.69) is 0 Å². The quantitative estimate of drug-likeness (QED) is 0.652. The molecule has 2 saturated heterocycles. The van der Waals surface area contributed by atoms with Gasteiger partial charge < -0.3 is 9.64 Å². The summed E-state index contributed by atoms with van der Waals surface area (Å²) >= 11 is 0. The standard InChI is InChI=1S/C21H30F3N3O4S/c1-31-18-8-7-17(15-19(18)32(29,30)27-11-4-2-3-5-12-27)20(28)26-10-6-9-25(13-14-26)16-21(22,23)24/h7-8,15H,2-6,9-14,16H2,1H3. The van der Waals surface area contributed by atoms with Crippen molar-refractivity contribution < 1.29 is 31.1 Å². The molecule has 11 heteroatoms. The van der Waals surface area contributed by atoms with Gasteiger partial charge in [0.25, 0.3) is 5.91 Å². The Morgan fingerprint density at radius 3 is 2.28 bits per heavy atom. The van der Waals surface area contributed by atoms with Crippen LogP contribution in [0, 0.1) is 0 Å². The molecule has 0 unspecified atom stereocenters. The summed E-state index contributed by atoms with van der Waals surface area (Å²) in [6.07, 6.45) is -0.364. The summed E-state index contributed by atoms with van der Waals surface area (Å²) in [4.78, 5) is 15.8. The van der Waals surface area contributed by atoms with E-state index in [1.165, 1.54) is 39.4 Å². The number of benzene rings is 1. The van der Waals surface area contributed by atoms with E-state index in [4.69, 9.17) is 4.74 Å². The highest BCUT2D eigenvalue weighted by atomic mass is 32.2. The Hall–Kier alpha value is -1.85. The summed E-state index contributed by atoms with van der Waals surface area (Å²) in [7, 11) is -2.47. The van der Waals surface area contributed by atoms with E-state index in [9.17, 15) is 26.4 Å². The highest BCUT2D eigenvalue weighted by Gasteiger charge is 2.33. The second-order valence-electron chi connectivity index (χ2n) is 8.22. The van der Waals surface area contributed by atoms with Crippen LogP contribution >= 0.6 is 0 Å². The number of nitrogens with zero attached hydrogens (tertiary/aromatic N) is 3. The van der Waals surface area contributed by atoms with Crippen molar-refractivity contribution in [3.8, 4) is 5.75 Å². The maximum atomic E-state index is 13.3. The van der Waals surface area contributed by atoms with Gasteiger partial charge in [0, 0.05) is 44.8 Å². The van der Waals surface area contributed by atoms with Gasteiger partial charge in [0.2, 0.25) is 10.0 Å². The number of amides is 1. The Morgan fingerprint density at radius 1 is 0.969 bits per heavy atom. The summed E-state index contributed by atoms with van der Waals surface area (Å²) in [5.41, 5.74) is 0.184. The number of halogens is 3. The maximum Gasteiger partial charge on any atom is 0.401 e. The molecule has 0 aliphatic carbocycles. The highest BCUT2D eigenvalue weighted by Crippen LogP contribution is 2.30. The lowest BCUT2D eigenvalue weighted by atomic mass is 10.2. The molecule has 2 heterocycles. The molecule has 1 aromatic rings. The van der Waals surface area contributed by atoms with Crippen LogP contribution in [0.1, 0.15) is 42.5 Å². The molecule has 0 N–H and O–H groups in total. The number of methoxy groups -OCH3 is 1. The number of alkyl halides is 3. The van der Waals surface area contributed by atoms with E-state index < -0.39 is 28.7 Å².